The lowest BCUT2D eigenvalue weighted by Gasteiger charge is -2.28. The zero-order valence-electron chi connectivity index (χ0n) is 17.4. The van der Waals surface area contributed by atoms with Gasteiger partial charge in [0.1, 0.15) is 17.5 Å². The number of methoxy groups -OCH3 is 1. The highest BCUT2D eigenvalue weighted by Crippen LogP contribution is 2.30. The van der Waals surface area contributed by atoms with Crippen LogP contribution in [-0.2, 0) is 16.1 Å². The number of fused-ring (bicyclic) bond motifs is 1. The number of amides is 1. The van der Waals surface area contributed by atoms with Crippen LogP contribution in [0.3, 0.4) is 0 Å². The largest absolute Gasteiger partial charge is 0.493 e. The predicted molar refractivity (Wildman–Crippen MR) is 117 cm³/mol. The fourth-order valence-corrected chi connectivity index (χ4v) is 3.73. The van der Waals surface area contributed by atoms with E-state index < -0.39 is 12.0 Å². The molecule has 1 unspecified atom stereocenters. The first-order valence-electron chi connectivity index (χ1n) is 9.93. The number of ether oxygens (including phenoxy) is 3. The zero-order valence-corrected chi connectivity index (χ0v) is 19.0. The maximum absolute atomic E-state index is 12.9. The Bertz CT molecular complexity index is 897. The molecule has 0 bridgehead atoms. The molecule has 0 saturated carbocycles. The van der Waals surface area contributed by atoms with Crippen molar-refractivity contribution in [3.63, 3.8) is 0 Å². The number of rotatable bonds is 9. The molecule has 0 aliphatic carbocycles. The Hall–Kier alpha value is -2.54. The van der Waals surface area contributed by atoms with Gasteiger partial charge in [0, 0.05) is 23.0 Å². The average molecular weight is 476 g/mol. The smallest absolute Gasteiger partial charge is 0.328 e. The van der Waals surface area contributed by atoms with Gasteiger partial charge in [-0.3, -0.25) is 4.79 Å². The molecule has 0 spiro atoms. The van der Waals surface area contributed by atoms with Crippen LogP contribution in [0, 0.1) is 5.92 Å². The molecule has 3 rings (SSSR count). The van der Waals surface area contributed by atoms with Gasteiger partial charge in [-0.25, -0.2) is 4.79 Å². The van der Waals surface area contributed by atoms with Gasteiger partial charge in [-0.2, -0.15) is 0 Å². The van der Waals surface area contributed by atoms with E-state index in [1.165, 1.54) is 7.11 Å². The van der Waals surface area contributed by atoms with Crippen LogP contribution in [0.5, 0.6) is 11.5 Å². The highest BCUT2D eigenvalue weighted by atomic mass is 79.9. The Balaban J connectivity index is 1.54. The van der Waals surface area contributed by atoms with E-state index in [9.17, 15) is 9.59 Å². The van der Waals surface area contributed by atoms with Crippen LogP contribution in [0.15, 0.2) is 46.9 Å². The summed E-state index contributed by atoms with van der Waals surface area (Å²) in [6.07, 6.45) is 0.713. The SMILES string of the molecule is COC(=O)C(C(C)C)N1Cc2ccc(OCCCOc3ccc(Br)cc3)cc2C1=O. The molecule has 0 radical (unpaired) electrons. The molecule has 160 valence electrons. The fourth-order valence-electron chi connectivity index (χ4n) is 3.47. The first-order valence-corrected chi connectivity index (χ1v) is 10.7. The van der Waals surface area contributed by atoms with Gasteiger partial charge in [0.05, 0.1) is 20.3 Å². The van der Waals surface area contributed by atoms with Crippen LogP contribution in [0.4, 0.5) is 0 Å². The minimum absolute atomic E-state index is 0.0443. The summed E-state index contributed by atoms with van der Waals surface area (Å²) in [5.41, 5.74) is 1.47. The highest BCUT2D eigenvalue weighted by Gasteiger charge is 2.38. The van der Waals surface area contributed by atoms with E-state index in [1.54, 1.807) is 11.0 Å². The quantitative estimate of drug-likeness (QED) is 0.395. The van der Waals surface area contributed by atoms with Crippen molar-refractivity contribution in [3.05, 3.63) is 58.1 Å². The van der Waals surface area contributed by atoms with Crippen molar-refractivity contribution < 1.29 is 23.8 Å². The summed E-state index contributed by atoms with van der Waals surface area (Å²) in [7, 11) is 1.35. The van der Waals surface area contributed by atoms with Gasteiger partial charge in [-0.1, -0.05) is 35.8 Å². The number of benzene rings is 2. The molecule has 1 aliphatic heterocycles. The first-order chi connectivity index (χ1) is 14.4. The monoisotopic (exact) mass is 475 g/mol. The summed E-state index contributed by atoms with van der Waals surface area (Å²) in [5.74, 6) is 0.835. The van der Waals surface area contributed by atoms with Gasteiger partial charge in [0.25, 0.3) is 5.91 Å². The predicted octanol–water partition coefficient (Wildman–Crippen LogP) is 4.45. The lowest BCUT2D eigenvalue weighted by molar-refractivity contribution is -0.147. The number of esters is 1. The van der Waals surface area contributed by atoms with Gasteiger partial charge in [0.2, 0.25) is 0 Å². The Morgan fingerprint density at radius 1 is 1.07 bits per heavy atom. The third kappa shape index (κ3) is 5.14. The van der Waals surface area contributed by atoms with Crippen LogP contribution in [-0.4, -0.2) is 43.1 Å². The number of hydrogen-bond donors (Lipinski definition) is 0. The minimum Gasteiger partial charge on any atom is -0.493 e. The van der Waals surface area contributed by atoms with Crippen molar-refractivity contribution in [1.82, 2.24) is 4.90 Å². The summed E-state index contributed by atoms with van der Waals surface area (Å²) in [4.78, 5) is 26.7. The van der Waals surface area contributed by atoms with Crippen LogP contribution in [0.2, 0.25) is 0 Å². The van der Waals surface area contributed by atoms with Crippen molar-refractivity contribution in [2.75, 3.05) is 20.3 Å². The summed E-state index contributed by atoms with van der Waals surface area (Å²) in [5, 5.41) is 0. The summed E-state index contributed by atoms with van der Waals surface area (Å²) < 4.78 is 17.4. The standard InChI is InChI=1S/C23H26BrNO5/c1-15(2)21(23(27)28-3)25-14-16-5-8-19(13-20(16)22(25)26)30-12-4-11-29-18-9-6-17(24)7-10-18/h5-10,13,15,21H,4,11-12,14H2,1-3H3. The normalized spacial score (nSPS) is 13.9. The van der Waals surface area contributed by atoms with Gasteiger partial charge >= 0.3 is 5.97 Å². The third-order valence-electron chi connectivity index (χ3n) is 4.96. The molecule has 1 atom stereocenters. The van der Waals surface area contributed by atoms with Crippen molar-refractivity contribution in [1.29, 1.82) is 0 Å². The number of hydrogen-bond acceptors (Lipinski definition) is 5. The maximum atomic E-state index is 12.9. The highest BCUT2D eigenvalue weighted by molar-refractivity contribution is 9.10. The molecule has 7 heteroatoms. The van der Waals surface area contributed by atoms with Gasteiger partial charge in [-0.05, 0) is 47.9 Å². The molecule has 6 nitrogen and oxygen atoms in total. The topological polar surface area (TPSA) is 65.1 Å². The van der Waals surface area contributed by atoms with Gasteiger partial charge in [-0.15, -0.1) is 0 Å². The van der Waals surface area contributed by atoms with Crippen molar-refractivity contribution in [2.45, 2.75) is 32.9 Å². The fraction of sp³-hybridized carbons (Fsp3) is 0.391. The molecule has 0 aromatic heterocycles. The number of nitrogens with zero attached hydrogens (tertiary/aromatic N) is 1. The molecule has 1 heterocycles. The van der Waals surface area contributed by atoms with Gasteiger partial charge < -0.3 is 19.1 Å². The Morgan fingerprint density at radius 2 is 1.70 bits per heavy atom. The second kappa shape index (κ2) is 9.98. The molecule has 0 fully saturated rings. The summed E-state index contributed by atoms with van der Waals surface area (Å²) >= 11 is 3.39. The molecule has 30 heavy (non-hydrogen) atoms. The molecular weight excluding hydrogens is 450 g/mol. The lowest BCUT2D eigenvalue weighted by Crippen LogP contribution is -2.45. The van der Waals surface area contributed by atoms with Crippen LogP contribution >= 0.6 is 15.9 Å². The third-order valence-corrected chi connectivity index (χ3v) is 5.49. The van der Waals surface area contributed by atoms with Crippen LogP contribution in [0.1, 0.15) is 36.2 Å². The van der Waals surface area contributed by atoms with E-state index in [1.807, 2.05) is 50.2 Å². The summed E-state index contributed by atoms with van der Waals surface area (Å²) in [6.45, 7) is 5.22. The number of carbonyl (C=O) groups excluding carboxylic acids is 2. The Kier molecular flexibility index (Phi) is 7.37. The molecule has 0 N–H and O–H groups in total. The van der Waals surface area contributed by atoms with E-state index in [0.717, 1.165) is 15.8 Å². The molecule has 2 aromatic carbocycles. The second-order valence-corrected chi connectivity index (χ2v) is 8.38. The Morgan fingerprint density at radius 3 is 2.33 bits per heavy atom. The van der Waals surface area contributed by atoms with Crippen molar-refractivity contribution in [3.8, 4) is 11.5 Å². The number of halogens is 1. The average Bonchev–Trinajstić information content (AvgIpc) is 3.04. The lowest BCUT2D eigenvalue weighted by atomic mass is 10.0. The minimum atomic E-state index is -0.602. The molecule has 1 aliphatic rings. The van der Waals surface area contributed by atoms with E-state index in [-0.39, 0.29) is 11.8 Å². The van der Waals surface area contributed by atoms with Crippen LogP contribution in [0.25, 0.3) is 0 Å². The van der Waals surface area contributed by atoms with Crippen molar-refractivity contribution in [2.24, 2.45) is 5.92 Å². The van der Waals surface area contributed by atoms with Crippen molar-refractivity contribution >= 4 is 27.8 Å². The Labute approximate surface area is 185 Å². The molecule has 2 aromatic rings. The van der Waals surface area contributed by atoms with E-state index in [2.05, 4.69) is 15.9 Å². The molecular formula is C23H26BrNO5. The van der Waals surface area contributed by atoms with Gasteiger partial charge in [0.15, 0.2) is 0 Å². The summed E-state index contributed by atoms with van der Waals surface area (Å²) in [6, 6.07) is 12.6. The zero-order chi connectivity index (χ0) is 21.7. The molecule has 0 saturated heterocycles. The number of carbonyl (C=O) groups is 2. The maximum Gasteiger partial charge on any atom is 0.328 e. The van der Waals surface area contributed by atoms with Crippen LogP contribution < -0.4 is 9.47 Å². The molecule has 1 amide bonds. The van der Waals surface area contributed by atoms with E-state index >= 15 is 0 Å². The first kappa shape index (κ1) is 22.2. The van der Waals surface area contributed by atoms with E-state index in [4.69, 9.17) is 14.2 Å². The van der Waals surface area contributed by atoms with E-state index in [0.29, 0.717) is 37.5 Å². The second-order valence-electron chi connectivity index (χ2n) is 7.47.